The summed E-state index contributed by atoms with van der Waals surface area (Å²) in [5.74, 6) is -0.165. The van der Waals surface area contributed by atoms with Gasteiger partial charge in [-0.2, -0.15) is 5.10 Å². The molecular weight excluding hydrogens is 434 g/mol. The van der Waals surface area contributed by atoms with Crippen LogP contribution < -0.4 is 5.56 Å². The highest BCUT2D eigenvalue weighted by molar-refractivity contribution is 6.30. The molecule has 5 nitrogen and oxygen atoms in total. The molecule has 3 aromatic carbocycles. The number of H-pyrrole nitrogens is 1. The van der Waals surface area contributed by atoms with E-state index in [1.807, 2.05) is 73.7 Å². The van der Waals surface area contributed by atoms with Crippen molar-refractivity contribution in [2.45, 2.75) is 26.3 Å². The van der Waals surface area contributed by atoms with E-state index in [1.54, 1.807) is 0 Å². The highest BCUT2D eigenvalue weighted by Gasteiger charge is 2.34. The van der Waals surface area contributed by atoms with Crippen LogP contribution in [0.3, 0.4) is 0 Å². The van der Waals surface area contributed by atoms with E-state index in [0.29, 0.717) is 22.7 Å². The number of nitrogens with zero attached hydrogens (tertiary/aromatic N) is 2. The Kier molecular flexibility index (Phi) is 5.35. The summed E-state index contributed by atoms with van der Waals surface area (Å²) < 4.78 is 0. The number of carbonyl (C=O) groups excluding carboxylic acids is 1. The van der Waals surface area contributed by atoms with Crippen LogP contribution in [-0.4, -0.2) is 21.6 Å². The Morgan fingerprint density at radius 1 is 1.03 bits per heavy atom. The second-order valence-electron chi connectivity index (χ2n) is 8.30. The van der Waals surface area contributed by atoms with Crippen molar-refractivity contribution in [3.63, 3.8) is 0 Å². The number of rotatable bonds is 3. The minimum absolute atomic E-state index is 0.165. The second-order valence-corrected chi connectivity index (χ2v) is 8.74. The fourth-order valence-electron chi connectivity index (χ4n) is 4.52. The maximum atomic E-state index is 13.4. The topological polar surface area (TPSA) is 65.5 Å². The Morgan fingerprint density at radius 3 is 2.52 bits per heavy atom. The first kappa shape index (κ1) is 21.2. The van der Waals surface area contributed by atoms with Crippen molar-refractivity contribution in [2.75, 3.05) is 0 Å². The van der Waals surface area contributed by atoms with Crippen molar-refractivity contribution in [1.82, 2.24) is 9.99 Å². The number of hydrogen-bond acceptors (Lipinski definition) is 3. The average Bonchev–Trinajstić information content (AvgIpc) is 3.24. The standard InChI is InChI=1S/C27H22ClN3O2/c1-16-6-5-7-19(14-16)24-15-23(30-31(24)17(2)32)26-25(18-10-12-20(28)13-11-18)21-8-3-4-9-22(21)29-27(26)33/h3-14,24H,15H2,1-2H3,(H,29,33). The molecule has 0 aliphatic carbocycles. The first-order chi connectivity index (χ1) is 15.9. The maximum absolute atomic E-state index is 13.4. The van der Waals surface area contributed by atoms with Crippen LogP contribution in [-0.2, 0) is 4.79 Å². The van der Waals surface area contributed by atoms with Crippen LogP contribution in [0.1, 0.15) is 36.1 Å². The molecule has 1 aliphatic rings. The SMILES string of the molecule is CC(=O)N1N=C(c2c(-c3ccc(Cl)cc3)c3ccccc3[nH]c2=O)CC1c1cccc(C)c1. The number of benzene rings is 3. The zero-order valence-electron chi connectivity index (χ0n) is 18.3. The maximum Gasteiger partial charge on any atom is 0.258 e. The lowest BCUT2D eigenvalue weighted by atomic mass is 9.91. The fourth-order valence-corrected chi connectivity index (χ4v) is 4.65. The summed E-state index contributed by atoms with van der Waals surface area (Å²) >= 11 is 6.13. The van der Waals surface area contributed by atoms with E-state index in [9.17, 15) is 9.59 Å². The van der Waals surface area contributed by atoms with Gasteiger partial charge in [0.25, 0.3) is 5.56 Å². The molecule has 4 aromatic rings. The Bertz CT molecular complexity index is 1470. The third-order valence-electron chi connectivity index (χ3n) is 6.00. The number of hydrazone groups is 1. The van der Waals surface area contributed by atoms with Crippen molar-refractivity contribution < 1.29 is 4.79 Å². The number of amides is 1. The van der Waals surface area contributed by atoms with E-state index >= 15 is 0 Å². The molecule has 5 rings (SSSR count). The van der Waals surface area contributed by atoms with Gasteiger partial charge in [-0.3, -0.25) is 9.59 Å². The van der Waals surface area contributed by atoms with Crippen LogP contribution in [0, 0.1) is 6.92 Å². The molecule has 1 N–H and O–H groups in total. The van der Waals surface area contributed by atoms with Crippen LogP contribution in [0.15, 0.2) is 82.7 Å². The highest BCUT2D eigenvalue weighted by atomic mass is 35.5. The molecule has 0 spiro atoms. The molecule has 0 saturated carbocycles. The van der Waals surface area contributed by atoms with Crippen molar-refractivity contribution in [2.24, 2.45) is 5.10 Å². The minimum Gasteiger partial charge on any atom is -0.321 e. The number of nitrogens with one attached hydrogen (secondary N) is 1. The van der Waals surface area contributed by atoms with Gasteiger partial charge in [0.2, 0.25) is 5.91 Å². The van der Waals surface area contributed by atoms with Gasteiger partial charge in [-0.05, 0) is 36.2 Å². The van der Waals surface area contributed by atoms with E-state index < -0.39 is 0 Å². The number of carbonyl (C=O) groups is 1. The number of pyridine rings is 1. The van der Waals surface area contributed by atoms with Crippen molar-refractivity contribution in [1.29, 1.82) is 0 Å². The van der Waals surface area contributed by atoms with Crippen LogP contribution in [0.4, 0.5) is 0 Å². The molecule has 0 saturated heterocycles. The molecule has 0 fully saturated rings. The Labute approximate surface area is 196 Å². The van der Waals surface area contributed by atoms with Gasteiger partial charge in [0.1, 0.15) is 0 Å². The molecule has 1 aromatic heterocycles. The fraction of sp³-hybridized carbons (Fsp3) is 0.148. The summed E-state index contributed by atoms with van der Waals surface area (Å²) in [5, 5.41) is 7.69. The van der Waals surface area contributed by atoms with Crippen LogP contribution >= 0.6 is 11.6 Å². The van der Waals surface area contributed by atoms with Crippen molar-refractivity contribution >= 4 is 34.1 Å². The van der Waals surface area contributed by atoms with Crippen LogP contribution in [0.25, 0.3) is 22.0 Å². The summed E-state index contributed by atoms with van der Waals surface area (Å²) in [4.78, 5) is 28.9. The Morgan fingerprint density at radius 2 is 1.79 bits per heavy atom. The third kappa shape index (κ3) is 3.85. The number of halogens is 1. The summed E-state index contributed by atoms with van der Waals surface area (Å²) in [6.45, 7) is 3.52. The van der Waals surface area contributed by atoms with Gasteiger partial charge in [0, 0.05) is 34.8 Å². The van der Waals surface area contributed by atoms with Crippen molar-refractivity contribution in [3.05, 3.63) is 105 Å². The smallest absolute Gasteiger partial charge is 0.258 e. The summed E-state index contributed by atoms with van der Waals surface area (Å²) in [6, 6.07) is 22.9. The first-order valence-corrected chi connectivity index (χ1v) is 11.2. The molecule has 33 heavy (non-hydrogen) atoms. The number of fused-ring (bicyclic) bond motifs is 1. The van der Waals surface area contributed by atoms with Gasteiger partial charge < -0.3 is 4.98 Å². The molecule has 0 bridgehead atoms. The summed E-state index contributed by atoms with van der Waals surface area (Å²) in [6.07, 6.45) is 0.449. The van der Waals surface area contributed by atoms with Crippen LogP contribution in [0.5, 0.6) is 0 Å². The van der Waals surface area contributed by atoms with Gasteiger partial charge in [-0.15, -0.1) is 0 Å². The lowest BCUT2D eigenvalue weighted by molar-refractivity contribution is -0.130. The van der Waals surface area contributed by atoms with E-state index in [1.165, 1.54) is 11.9 Å². The summed E-state index contributed by atoms with van der Waals surface area (Å²) in [5.41, 5.74) is 5.35. The monoisotopic (exact) mass is 455 g/mol. The lowest BCUT2D eigenvalue weighted by Gasteiger charge is -2.20. The molecule has 2 heterocycles. The predicted octanol–water partition coefficient (Wildman–Crippen LogP) is 5.85. The Hall–Kier alpha value is -3.70. The molecule has 164 valence electrons. The molecule has 1 aliphatic heterocycles. The number of para-hydroxylation sites is 1. The Balaban J connectivity index is 1.73. The van der Waals surface area contributed by atoms with E-state index in [0.717, 1.165) is 33.2 Å². The van der Waals surface area contributed by atoms with E-state index in [2.05, 4.69) is 16.2 Å². The molecule has 1 amide bonds. The van der Waals surface area contributed by atoms with Gasteiger partial charge in [-0.25, -0.2) is 5.01 Å². The molecule has 1 unspecified atom stereocenters. The van der Waals surface area contributed by atoms with Crippen molar-refractivity contribution in [3.8, 4) is 11.1 Å². The number of aromatic nitrogens is 1. The number of aryl methyl sites for hydroxylation is 1. The largest absolute Gasteiger partial charge is 0.321 e. The van der Waals surface area contributed by atoms with Gasteiger partial charge in [-0.1, -0.05) is 71.8 Å². The first-order valence-electron chi connectivity index (χ1n) is 10.8. The normalized spacial score (nSPS) is 15.7. The molecular formula is C27H22ClN3O2. The number of hydrogen-bond donors (Lipinski definition) is 1. The highest BCUT2D eigenvalue weighted by Crippen LogP contribution is 2.37. The zero-order valence-corrected chi connectivity index (χ0v) is 19.1. The third-order valence-corrected chi connectivity index (χ3v) is 6.26. The molecule has 6 heteroatoms. The zero-order chi connectivity index (χ0) is 23.1. The predicted molar refractivity (Wildman–Crippen MR) is 133 cm³/mol. The number of aromatic amines is 1. The molecule has 1 atom stereocenters. The quantitative estimate of drug-likeness (QED) is 0.420. The average molecular weight is 456 g/mol. The lowest BCUT2D eigenvalue weighted by Crippen LogP contribution is -2.24. The summed E-state index contributed by atoms with van der Waals surface area (Å²) in [7, 11) is 0. The second kappa shape index (κ2) is 8.34. The van der Waals surface area contributed by atoms with Gasteiger partial charge >= 0.3 is 0 Å². The van der Waals surface area contributed by atoms with Gasteiger partial charge in [0.05, 0.1) is 17.3 Å². The van der Waals surface area contributed by atoms with E-state index in [4.69, 9.17) is 11.6 Å². The van der Waals surface area contributed by atoms with Gasteiger partial charge in [0.15, 0.2) is 0 Å². The minimum atomic E-state index is -0.263. The molecule has 0 radical (unpaired) electrons. The van der Waals surface area contributed by atoms with Crippen LogP contribution in [0.2, 0.25) is 5.02 Å². The van der Waals surface area contributed by atoms with E-state index in [-0.39, 0.29) is 17.5 Å².